The first kappa shape index (κ1) is 22.4. The van der Waals surface area contributed by atoms with Crippen molar-refractivity contribution in [2.75, 3.05) is 5.06 Å². The van der Waals surface area contributed by atoms with Crippen LogP contribution in [0.5, 0.6) is 0 Å². The highest BCUT2D eigenvalue weighted by Gasteiger charge is 2.63. The summed E-state index contributed by atoms with van der Waals surface area (Å²) in [6.45, 7) is 1.96. The summed E-state index contributed by atoms with van der Waals surface area (Å²) in [5.41, 5.74) is 3.03. The molecule has 7 rings (SSSR count). The molecule has 0 bridgehead atoms. The lowest BCUT2D eigenvalue weighted by atomic mass is 9.90. The number of para-hydroxylation sites is 1. The van der Waals surface area contributed by atoms with Crippen LogP contribution in [0.2, 0.25) is 0 Å². The number of nitrogens with zero attached hydrogens (tertiary/aromatic N) is 3. The van der Waals surface area contributed by atoms with Gasteiger partial charge in [0.05, 0.1) is 22.9 Å². The summed E-state index contributed by atoms with van der Waals surface area (Å²) >= 11 is 0. The first-order chi connectivity index (χ1) is 18.5. The molecule has 0 saturated carbocycles. The molecule has 4 amide bonds. The number of hydroxylamine groups is 1. The molecule has 0 N–H and O–H groups in total. The summed E-state index contributed by atoms with van der Waals surface area (Å²) in [5, 5.41) is 4.22. The Kier molecular flexibility index (Phi) is 4.77. The highest BCUT2D eigenvalue weighted by atomic mass is 16.7. The number of hydrogen-bond acceptors (Lipinski definition) is 6. The Morgan fingerprint density at radius 3 is 1.92 bits per heavy atom. The Morgan fingerprint density at radius 2 is 1.29 bits per heavy atom. The highest BCUT2D eigenvalue weighted by molar-refractivity contribution is 6.27. The molecule has 0 spiro atoms. The third-order valence-electron chi connectivity index (χ3n) is 7.47. The van der Waals surface area contributed by atoms with E-state index in [1.54, 1.807) is 29.3 Å². The van der Waals surface area contributed by atoms with Gasteiger partial charge < -0.3 is 0 Å². The zero-order valence-corrected chi connectivity index (χ0v) is 20.3. The molecule has 0 unspecified atom stereocenters. The van der Waals surface area contributed by atoms with Gasteiger partial charge in [-0.15, -0.1) is 0 Å². The van der Waals surface area contributed by atoms with E-state index in [4.69, 9.17) is 4.84 Å². The van der Waals surface area contributed by atoms with Crippen LogP contribution in [0.4, 0.5) is 5.69 Å². The van der Waals surface area contributed by atoms with E-state index >= 15 is 0 Å². The third-order valence-corrected chi connectivity index (χ3v) is 7.47. The van der Waals surface area contributed by atoms with Gasteiger partial charge in [-0.3, -0.25) is 24.0 Å². The monoisotopic (exact) mass is 503 g/mol. The van der Waals surface area contributed by atoms with E-state index in [2.05, 4.69) is 0 Å². The Balaban J connectivity index is 1.32. The van der Waals surface area contributed by atoms with Crippen LogP contribution in [0, 0.1) is 12.8 Å². The lowest BCUT2D eigenvalue weighted by Crippen LogP contribution is -2.55. The maximum absolute atomic E-state index is 14.0. The van der Waals surface area contributed by atoms with Crippen LogP contribution in [0.1, 0.15) is 37.9 Å². The number of aryl methyl sites for hydroxylation is 1. The minimum Gasteiger partial charge on any atom is -0.272 e. The van der Waals surface area contributed by atoms with Crippen LogP contribution in [0.25, 0.3) is 10.8 Å². The van der Waals surface area contributed by atoms with E-state index in [0.29, 0.717) is 21.1 Å². The van der Waals surface area contributed by atoms with Crippen molar-refractivity contribution in [3.63, 3.8) is 0 Å². The molecule has 2 fully saturated rings. The number of fused-ring (bicyclic) bond motifs is 1. The van der Waals surface area contributed by atoms with Gasteiger partial charge in [0.1, 0.15) is 5.92 Å². The lowest BCUT2D eigenvalue weighted by Gasteiger charge is -2.34. The van der Waals surface area contributed by atoms with Gasteiger partial charge in [0.25, 0.3) is 23.6 Å². The van der Waals surface area contributed by atoms with Crippen LogP contribution < -0.4 is 5.06 Å². The van der Waals surface area contributed by atoms with Crippen LogP contribution in [0.3, 0.4) is 0 Å². The molecule has 3 aliphatic heterocycles. The second-order valence-corrected chi connectivity index (χ2v) is 9.69. The molecule has 3 aliphatic rings. The molecule has 0 aromatic heterocycles. The first-order valence-corrected chi connectivity index (χ1v) is 12.3. The van der Waals surface area contributed by atoms with Crippen LogP contribution in [0.15, 0.2) is 91.0 Å². The minimum absolute atomic E-state index is 0.261. The van der Waals surface area contributed by atoms with E-state index in [1.807, 2.05) is 73.7 Å². The van der Waals surface area contributed by atoms with Crippen molar-refractivity contribution in [2.45, 2.75) is 19.1 Å². The van der Waals surface area contributed by atoms with Crippen molar-refractivity contribution in [1.29, 1.82) is 0 Å². The summed E-state index contributed by atoms with van der Waals surface area (Å²) < 4.78 is 0. The van der Waals surface area contributed by atoms with Gasteiger partial charge in [-0.1, -0.05) is 72.3 Å². The van der Waals surface area contributed by atoms with Crippen molar-refractivity contribution in [1.82, 2.24) is 10.0 Å². The third kappa shape index (κ3) is 3.01. The number of anilines is 1. The normalized spacial score (nSPS) is 22.6. The number of hydrazine groups is 1. The molecular formula is C30H21N3O5. The molecule has 186 valence electrons. The number of hydrogen-bond donors (Lipinski definition) is 0. The molecule has 38 heavy (non-hydrogen) atoms. The smallest absolute Gasteiger partial charge is 0.272 e. The predicted molar refractivity (Wildman–Crippen MR) is 138 cm³/mol. The van der Waals surface area contributed by atoms with Crippen molar-refractivity contribution in [2.24, 2.45) is 5.92 Å². The van der Waals surface area contributed by atoms with E-state index in [0.717, 1.165) is 16.5 Å². The van der Waals surface area contributed by atoms with Crippen molar-refractivity contribution < 1.29 is 24.0 Å². The van der Waals surface area contributed by atoms with Crippen molar-refractivity contribution in [3.8, 4) is 0 Å². The molecule has 4 aromatic carbocycles. The summed E-state index contributed by atoms with van der Waals surface area (Å²) in [5.74, 6) is -3.79. The average molecular weight is 504 g/mol. The van der Waals surface area contributed by atoms with Gasteiger partial charge in [0.15, 0.2) is 6.10 Å². The van der Waals surface area contributed by atoms with E-state index in [1.165, 1.54) is 0 Å². The highest BCUT2D eigenvalue weighted by Crippen LogP contribution is 2.47. The molecule has 3 heterocycles. The number of carbonyl (C=O) groups is 4. The maximum Gasteiger partial charge on any atom is 0.281 e. The van der Waals surface area contributed by atoms with E-state index < -0.39 is 41.7 Å². The number of amides is 4. The Hall–Kier alpha value is -4.82. The molecule has 8 nitrogen and oxygen atoms in total. The Bertz CT molecular complexity index is 1620. The number of imide groups is 2. The zero-order valence-electron chi connectivity index (χ0n) is 20.3. The minimum atomic E-state index is -1.19. The largest absolute Gasteiger partial charge is 0.281 e. The molecule has 4 aromatic rings. The summed E-state index contributed by atoms with van der Waals surface area (Å²) in [6.07, 6.45) is -1.19. The zero-order chi connectivity index (χ0) is 26.1. The molecule has 0 radical (unpaired) electrons. The number of rotatable bonds is 3. The molecular weight excluding hydrogens is 482 g/mol. The van der Waals surface area contributed by atoms with Crippen LogP contribution >= 0.6 is 0 Å². The van der Waals surface area contributed by atoms with Gasteiger partial charge in [0.2, 0.25) is 0 Å². The van der Waals surface area contributed by atoms with Gasteiger partial charge in [-0.05, 0) is 42.1 Å². The first-order valence-electron chi connectivity index (χ1n) is 12.3. The maximum atomic E-state index is 14.0. The second kappa shape index (κ2) is 8.09. The van der Waals surface area contributed by atoms with Gasteiger partial charge in [0, 0.05) is 5.39 Å². The van der Waals surface area contributed by atoms with Gasteiger partial charge in [-0.2, -0.15) is 10.0 Å². The molecule has 8 heteroatoms. The molecule has 2 saturated heterocycles. The summed E-state index contributed by atoms with van der Waals surface area (Å²) in [7, 11) is 0. The van der Waals surface area contributed by atoms with Crippen molar-refractivity contribution in [3.05, 3.63) is 113 Å². The summed E-state index contributed by atoms with van der Waals surface area (Å²) in [6, 6.07) is 26.5. The lowest BCUT2D eigenvalue weighted by molar-refractivity contribution is -0.154. The standard InChI is InChI=1S/C30H21N3O5/c1-17-13-15-19(16-14-17)25-24-26(38-33(25)20-9-3-2-4-10-20)30(37)32(29(24)36)31-27(34)21-11-5-7-18-8-6-12-22(23(18)21)28(31)35/h2-16,24-26H,1H3/t24-,25-,26+/m1/s1. The van der Waals surface area contributed by atoms with Crippen molar-refractivity contribution >= 4 is 40.1 Å². The fourth-order valence-corrected chi connectivity index (χ4v) is 5.70. The van der Waals surface area contributed by atoms with Crippen LogP contribution in [-0.4, -0.2) is 39.8 Å². The fourth-order valence-electron chi connectivity index (χ4n) is 5.70. The SMILES string of the molecule is Cc1ccc([C@@H]2[C@H]3C(=O)N(N4C(=O)c5cccc6cccc(c56)C4=O)C(=O)[C@H]3ON2c2ccccc2)cc1. The number of benzene rings is 4. The van der Waals surface area contributed by atoms with Gasteiger partial charge in [-0.25, -0.2) is 5.06 Å². The number of carbonyl (C=O) groups excluding carboxylic acids is 4. The van der Waals surface area contributed by atoms with Crippen LogP contribution in [-0.2, 0) is 14.4 Å². The summed E-state index contributed by atoms with van der Waals surface area (Å²) in [4.78, 5) is 61.1. The fraction of sp³-hybridized carbons (Fsp3) is 0.133. The second-order valence-electron chi connectivity index (χ2n) is 9.69. The van der Waals surface area contributed by atoms with E-state index in [-0.39, 0.29) is 11.1 Å². The topological polar surface area (TPSA) is 87.2 Å². The molecule has 3 atom stereocenters. The average Bonchev–Trinajstić information content (AvgIpc) is 3.44. The quantitative estimate of drug-likeness (QED) is 0.390. The van der Waals surface area contributed by atoms with E-state index in [9.17, 15) is 19.2 Å². The Labute approximate surface area is 217 Å². The predicted octanol–water partition coefficient (Wildman–Crippen LogP) is 4.21. The van der Waals surface area contributed by atoms with Gasteiger partial charge >= 0.3 is 0 Å². The Morgan fingerprint density at radius 1 is 0.658 bits per heavy atom. The molecule has 0 aliphatic carbocycles.